The molecular weight excluding hydrogens is 386 g/mol. The van der Waals surface area contributed by atoms with Gasteiger partial charge in [-0.1, -0.05) is 75.4 Å². The average molecular weight is 420 g/mol. The Morgan fingerprint density at radius 3 is 2.06 bits per heavy atom. The van der Waals surface area contributed by atoms with E-state index in [1.165, 1.54) is 0 Å². The maximum Gasteiger partial charge on any atom is 0.404 e. The highest BCUT2D eigenvalue weighted by Gasteiger charge is 2.40. The van der Waals surface area contributed by atoms with Crippen LogP contribution in [0.5, 0.6) is 0 Å². The fraction of sp³-hybridized carbons (Fsp3) is 0.462. The molecular formula is C26H33N3O2. The number of nitrogens with one attached hydrogen (secondary N) is 1. The Kier molecular flexibility index (Phi) is 6.71. The Bertz CT molecular complexity index is 920. The highest BCUT2D eigenvalue weighted by Crippen LogP contribution is 2.37. The first-order chi connectivity index (χ1) is 14.6. The summed E-state index contributed by atoms with van der Waals surface area (Å²) in [5, 5.41) is 22.1. The van der Waals surface area contributed by atoms with E-state index in [0.29, 0.717) is 0 Å². The first-order valence-corrected chi connectivity index (χ1v) is 11.0. The maximum atomic E-state index is 11.3. The van der Waals surface area contributed by atoms with Crippen LogP contribution in [0.15, 0.2) is 54.6 Å². The first-order valence-electron chi connectivity index (χ1n) is 11.0. The van der Waals surface area contributed by atoms with Gasteiger partial charge in [0.1, 0.15) is 5.54 Å². The van der Waals surface area contributed by atoms with Crippen molar-refractivity contribution in [2.75, 3.05) is 13.1 Å². The third kappa shape index (κ3) is 5.08. The number of hydrogen-bond donors (Lipinski definition) is 2. The van der Waals surface area contributed by atoms with Crippen LogP contribution in [0.25, 0.3) is 11.1 Å². The normalized spacial score (nSPS) is 18.5. The molecule has 1 aliphatic rings. The fourth-order valence-electron chi connectivity index (χ4n) is 4.79. The lowest BCUT2D eigenvalue weighted by Crippen LogP contribution is -2.54. The van der Waals surface area contributed by atoms with Crippen molar-refractivity contribution in [1.29, 1.82) is 5.26 Å². The van der Waals surface area contributed by atoms with E-state index in [4.69, 9.17) is 0 Å². The van der Waals surface area contributed by atoms with Gasteiger partial charge < -0.3 is 10.4 Å². The third-order valence-corrected chi connectivity index (χ3v) is 6.63. The van der Waals surface area contributed by atoms with Crippen LogP contribution in [0.2, 0.25) is 0 Å². The van der Waals surface area contributed by atoms with E-state index in [-0.39, 0.29) is 17.4 Å². The zero-order valence-electron chi connectivity index (χ0n) is 18.9. The second kappa shape index (κ2) is 9.11. The number of rotatable bonds is 5. The summed E-state index contributed by atoms with van der Waals surface area (Å²) in [5.74, 6) is 0.260. The standard InChI is InChI=1S/C26H33N3O2/c1-25(2,3)23(28-24(30)31)21-14-16-29(17-15-21)26(4,18-27)22-12-10-20(11-13-22)19-8-6-5-7-9-19/h5-13,21,23,28H,14-17H2,1-4H3,(H,30,31). The van der Waals surface area contributed by atoms with Gasteiger partial charge in [-0.2, -0.15) is 5.26 Å². The van der Waals surface area contributed by atoms with Crippen molar-refractivity contribution < 1.29 is 9.90 Å². The summed E-state index contributed by atoms with van der Waals surface area (Å²) in [6.07, 6.45) is 0.756. The minimum Gasteiger partial charge on any atom is -0.465 e. The molecule has 0 aliphatic carbocycles. The van der Waals surface area contributed by atoms with Gasteiger partial charge in [-0.05, 0) is 47.8 Å². The highest BCUT2D eigenvalue weighted by atomic mass is 16.4. The lowest BCUT2D eigenvalue weighted by molar-refractivity contribution is 0.0636. The Morgan fingerprint density at radius 2 is 1.58 bits per heavy atom. The molecule has 1 amide bonds. The number of benzene rings is 2. The Balaban J connectivity index is 1.74. The van der Waals surface area contributed by atoms with Crippen molar-refractivity contribution in [3.63, 3.8) is 0 Å². The number of piperidine rings is 1. The molecule has 164 valence electrons. The molecule has 0 radical (unpaired) electrons. The van der Waals surface area contributed by atoms with Gasteiger partial charge in [0, 0.05) is 19.1 Å². The van der Waals surface area contributed by atoms with E-state index in [2.05, 4.69) is 73.5 Å². The van der Waals surface area contributed by atoms with Crippen LogP contribution in [0.3, 0.4) is 0 Å². The zero-order valence-corrected chi connectivity index (χ0v) is 18.9. The molecule has 1 saturated heterocycles. The van der Waals surface area contributed by atoms with E-state index in [1.807, 2.05) is 25.1 Å². The number of nitriles is 1. The van der Waals surface area contributed by atoms with Crippen molar-refractivity contribution >= 4 is 6.09 Å². The number of nitrogens with zero attached hydrogens (tertiary/aromatic N) is 2. The van der Waals surface area contributed by atoms with Crippen LogP contribution in [-0.2, 0) is 5.54 Å². The summed E-state index contributed by atoms with van der Waals surface area (Å²) in [4.78, 5) is 13.6. The molecule has 2 N–H and O–H groups in total. The molecule has 3 rings (SSSR count). The van der Waals surface area contributed by atoms with E-state index in [1.54, 1.807) is 0 Å². The molecule has 1 heterocycles. The fourth-order valence-corrected chi connectivity index (χ4v) is 4.79. The summed E-state index contributed by atoms with van der Waals surface area (Å²) in [6.45, 7) is 9.75. The topological polar surface area (TPSA) is 76.4 Å². The molecule has 2 aromatic rings. The van der Waals surface area contributed by atoms with Gasteiger partial charge in [0.15, 0.2) is 0 Å². The number of carboxylic acid groups (broad SMARTS) is 1. The van der Waals surface area contributed by atoms with Crippen LogP contribution in [0.1, 0.15) is 46.1 Å². The Labute approximate surface area is 185 Å². The van der Waals surface area contributed by atoms with Crippen LogP contribution < -0.4 is 5.32 Å². The number of hydrogen-bond acceptors (Lipinski definition) is 3. The smallest absolute Gasteiger partial charge is 0.404 e. The number of amides is 1. The van der Waals surface area contributed by atoms with Gasteiger partial charge in [0.25, 0.3) is 0 Å². The van der Waals surface area contributed by atoms with Gasteiger partial charge >= 0.3 is 6.09 Å². The van der Waals surface area contributed by atoms with E-state index >= 15 is 0 Å². The molecule has 2 unspecified atom stereocenters. The summed E-state index contributed by atoms with van der Waals surface area (Å²) in [5.41, 5.74) is 2.42. The quantitative estimate of drug-likeness (QED) is 0.672. The largest absolute Gasteiger partial charge is 0.465 e. The zero-order chi connectivity index (χ0) is 22.6. The summed E-state index contributed by atoms with van der Waals surface area (Å²) in [7, 11) is 0. The predicted molar refractivity (Wildman–Crippen MR) is 124 cm³/mol. The molecule has 0 spiro atoms. The second-order valence-corrected chi connectivity index (χ2v) is 9.75. The molecule has 5 heteroatoms. The SMILES string of the molecule is CC(C)(C)C(NC(=O)O)C1CCN(C(C)(C#N)c2ccc(-c3ccccc3)cc2)CC1. The van der Waals surface area contributed by atoms with Crippen LogP contribution in [0, 0.1) is 22.7 Å². The van der Waals surface area contributed by atoms with Crippen molar-refractivity contribution in [2.24, 2.45) is 11.3 Å². The summed E-state index contributed by atoms with van der Waals surface area (Å²) in [6, 6.07) is 20.9. The van der Waals surface area contributed by atoms with Crippen molar-refractivity contribution in [3.8, 4) is 17.2 Å². The Morgan fingerprint density at radius 1 is 1.03 bits per heavy atom. The highest BCUT2D eigenvalue weighted by molar-refractivity contribution is 5.65. The molecule has 0 saturated carbocycles. The molecule has 0 aromatic heterocycles. The maximum absolute atomic E-state index is 11.3. The van der Waals surface area contributed by atoms with Crippen LogP contribution in [-0.4, -0.2) is 35.2 Å². The van der Waals surface area contributed by atoms with Gasteiger partial charge in [-0.15, -0.1) is 0 Å². The summed E-state index contributed by atoms with van der Waals surface area (Å²) >= 11 is 0. The van der Waals surface area contributed by atoms with Gasteiger partial charge in [-0.25, -0.2) is 4.79 Å². The minimum absolute atomic E-state index is 0.106. The number of carbonyl (C=O) groups is 1. The lowest BCUT2D eigenvalue weighted by atomic mass is 9.74. The minimum atomic E-state index is -0.970. The van der Waals surface area contributed by atoms with E-state index in [9.17, 15) is 15.2 Å². The summed E-state index contributed by atoms with van der Waals surface area (Å²) < 4.78 is 0. The van der Waals surface area contributed by atoms with E-state index < -0.39 is 11.6 Å². The van der Waals surface area contributed by atoms with Gasteiger partial charge in [0.2, 0.25) is 0 Å². The predicted octanol–water partition coefficient (Wildman–Crippen LogP) is 5.49. The molecule has 5 nitrogen and oxygen atoms in total. The molecule has 1 aliphatic heterocycles. The lowest BCUT2D eigenvalue weighted by Gasteiger charge is -2.45. The van der Waals surface area contributed by atoms with Gasteiger partial charge in [0.05, 0.1) is 6.07 Å². The number of likely N-dealkylation sites (tertiary alicyclic amines) is 1. The van der Waals surface area contributed by atoms with Crippen LogP contribution >= 0.6 is 0 Å². The molecule has 31 heavy (non-hydrogen) atoms. The van der Waals surface area contributed by atoms with Gasteiger partial charge in [-0.3, -0.25) is 4.90 Å². The van der Waals surface area contributed by atoms with Crippen LogP contribution in [0.4, 0.5) is 4.79 Å². The third-order valence-electron chi connectivity index (χ3n) is 6.63. The van der Waals surface area contributed by atoms with Crippen molar-refractivity contribution in [2.45, 2.75) is 52.1 Å². The van der Waals surface area contributed by atoms with Crippen molar-refractivity contribution in [3.05, 3.63) is 60.2 Å². The monoisotopic (exact) mass is 419 g/mol. The average Bonchev–Trinajstić information content (AvgIpc) is 2.77. The Hall–Kier alpha value is -2.84. The molecule has 0 bridgehead atoms. The second-order valence-electron chi connectivity index (χ2n) is 9.75. The molecule has 2 aromatic carbocycles. The van der Waals surface area contributed by atoms with E-state index in [0.717, 1.165) is 42.6 Å². The van der Waals surface area contributed by atoms with Crippen molar-refractivity contribution in [1.82, 2.24) is 10.2 Å². The first kappa shape index (κ1) is 22.8. The molecule has 2 atom stereocenters. The molecule has 1 fully saturated rings.